The molecule has 0 radical (unpaired) electrons. The number of fused-ring (bicyclic) bond motifs is 1. The molecule has 0 unspecified atom stereocenters. The van der Waals surface area contributed by atoms with Crippen LogP contribution in [0.4, 0.5) is 4.79 Å². The molecule has 2 aromatic carbocycles. The van der Waals surface area contributed by atoms with Crippen LogP contribution in [0.25, 0.3) is 10.9 Å². The second-order valence-corrected chi connectivity index (χ2v) is 6.17. The molecule has 0 fully saturated rings. The first-order chi connectivity index (χ1) is 12.6. The molecular formula is C20H19ClN2O3. The molecule has 2 atom stereocenters. The van der Waals surface area contributed by atoms with Crippen molar-refractivity contribution in [3.8, 4) is 0 Å². The number of nitrogens with one attached hydrogen (secondary N) is 2. The number of carbonyl (C=O) groups is 2. The standard InChI is InChI=1S/C20H19ClN2O3/c1-2-26-19(24)18(23-20(21)25)17(13-8-4-3-5-9-13)15-12-22-16-11-7-6-10-14(15)16/h3-12,17-18,22H,2H2,1H3,(H,23,25)/t17-,18+/m1/s1. The molecule has 0 bridgehead atoms. The third kappa shape index (κ3) is 3.73. The van der Waals surface area contributed by atoms with Gasteiger partial charge in [0, 0.05) is 23.0 Å². The molecule has 6 heteroatoms. The van der Waals surface area contributed by atoms with Crippen molar-refractivity contribution in [3.63, 3.8) is 0 Å². The van der Waals surface area contributed by atoms with Gasteiger partial charge in [-0.05, 0) is 35.7 Å². The van der Waals surface area contributed by atoms with E-state index in [0.717, 1.165) is 22.0 Å². The van der Waals surface area contributed by atoms with Gasteiger partial charge in [0.2, 0.25) is 0 Å². The number of hydrogen-bond donors (Lipinski definition) is 2. The predicted octanol–water partition coefficient (Wildman–Crippen LogP) is 4.18. The number of ether oxygens (including phenoxy) is 1. The molecule has 134 valence electrons. The van der Waals surface area contributed by atoms with Crippen LogP contribution < -0.4 is 5.32 Å². The molecule has 26 heavy (non-hydrogen) atoms. The van der Waals surface area contributed by atoms with Crippen LogP contribution in [-0.4, -0.2) is 29.0 Å². The third-order valence-corrected chi connectivity index (χ3v) is 4.37. The van der Waals surface area contributed by atoms with Gasteiger partial charge in [0.25, 0.3) is 0 Å². The lowest BCUT2D eigenvalue weighted by atomic mass is 9.84. The van der Waals surface area contributed by atoms with E-state index in [-0.39, 0.29) is 6.61 Å². The van der Waals surface area contributed by atoms with Gasteiger partial charge in [-0.15, -0.1) is 0 Å². The maximum absolute atomic E-state index is 12.6. The minimum atomic E-state index is -0.943. The van der Waals surface area contributed by atoms with E-state index in [2.05, 4.69) is 10.3 Å². The molecule has 0 spiro atoms. The van der Waals surface area contributed by atoms with Gasteiger partial charge in [-0.3, -0.25) is 4.79 Å². The van der Waals surface area contributed by atoms with Crippen molar-refractivity contribution in [1.29, 1.82) is 0 Å². The first-order valence-electron chi connectivity index (χ1n) is 8.35. The Labute approximate surface area is 156 Å². The van der Waals surface area contributed by atoms with Crippen molar-refractivity contribution in [2.24, 2.45) is 0 Å². The summed E-state index contributed by atoms with van der Waals surface area (Å²) in [4.78, 5) is 27.4. The van der Waals surface area contributed by atoms with E-state index < -0.39 is 23.3 Å². The molecule has 5 nitrogen and oxygen atoms in total. The number of hydrogen-bond acceptors (Lipinski definition) is 3. The van der Waals surface area contributed by atoms with E-state index in [0.29, 0.717) is 0 Å². The number of H-pyrrole nitrogens is 1. The van der Waals surface area contributed by atoms with E-state index in [9.17, 15) is 9.59 Å². The number of esters is 1. The van der Waals surface area contributed by atoms with E-state index in [1.54, 1.807) is 6.92 Å². The molecule has 0 aliphatic rings. The van der Waals surface area contributed by atoms with Crippen molar-refractivity contribution < 1.29 is 14.3 Å². The largest absolute Gasteiger partial charge is 0.464 e. The Morgan fingerprint density at radius 2 is 1.81 bits per heavy atom. The minimum absolute atomic E-state index is 0.211. The van der Waals surface area contributed by atoms with Crippen molar-refractivity contribution in [2.45, 2.75) is 18.9 Å². The van der Waals surface area contributed by atoms with Crippen molar-refractivity contribution in [1.82, 2.24) is 10.3 Å². The quantitative estimate of drug-likeness (QED) is 0.388. The number of benzene rings is 2. The highest BCUT2D eigenvalue weighted by molar-refractivity contribution is 6.63. The smallest absolute Gasteiger partial charge is 0.329 e. The first-order valence-corrected chi connectivity index (χ1v) is 8.73. The lowest BCUT2D eigenvalue weighted by Gasteiger charge is -2.26. The molecule has 1 amide bonds. The fourth-order valence-corrected chi connectivity index (χ4v) is 3.31. The van der Waals surface area contributed by atoms with Crippen molar-refractivity contribution >= 4 is 33.8 Å². The number of aromatic amines is 1. The molecule has 0 aliphatic carbocycles. The van der Waals surface area contributed by atoms with Gasteiger partial charge in [0.1, 0.15) is 6.04 Å². The van der Waals surface area contributed by atoms with Crippen molar-refractivity contribution in [2.75, 3.05) is 6.61 Å². The van der Waals surface area contributed by atoms with E-state index in [1.165, 1.54) is 0 Å². The molecule has 0 aliphatic heterocycles. The fourth-order valence-electron chi connectivity index (χ4n) is 3.20. The summed E-state index contributed by atoms with van der Waals surface area (Å²) >= 11 is 5.56. The second-order valence-electron chi connectivity index (χ2n) is 5.83. The SMILES string of the molecule is CCOC(=O)[C@@H](NC(=O)Cl)[C@H](c1ccccc1)c1c[nH]c2ccccc12. The molecule has 0 saturated carbocycles. The Morgan fingerprint density at radius 3 is 2.50 bits per heavy atom. The zero-order valence-electron chi connectivity index (χ0n) is 14.2. The van der Waals surface area contributed by atoms with Crippen LogP contribution in [0.1, 0.15) is 24.0 Å². The second kappa shape index (κ2) is 8.06. The van der Waals surface area contributed by atoms with Gasteiger partial charge in [-0.1, -0.05) is 48.5 Å². The molecule has 3 rings (SSSR count). The summed E-state index contributed by atoms with van der Waals surface area (Å²) in [5.41, 5.74) is 2.71. The number of halogens is 1. The molecule has 3 aromatic rings. The summed E-state index contributed by atoms with van der Waals surface area (Å²) in [6.07, 6.45) is 1.86. The van der Waals surface area contributed by atoms with Gasteiger partial charge in [0.15, 0.2) is 0 Å². The maximum Gasteiger partial charge on any atom is 0.329 e. The third-order valence-electron chi connectivity index (χ3n) is 4.26. The summed E-state index contributed by atoms with van der Waals surface area (Å²) in [6.45, 7) is 1.93. The number of aromatic nitrogens is 1. The number of rotatable bonds is 6. The zero-order valence-corrected chi connectivity index (χ0v) is 15.0. The molecule has 1 heterocycles. The van der Waals surface area contributed by atoms with Crippen LogP contribution in [0, 0.1) is 0 Å². The van der Waals surface area contributed by atoms with E-state index in [4.69, 9.17) is 16.3 Å². The summed E-state index contributed by atoms with van der Waals surface area (Å²) < 4.78 is 5.19. The lowest BCUT2D eigenvalue weighted by molar-refractivity contribution is -0.145. The summed E-state index contributed by atoms with van der Waals surface area (Å²) in [5, 5.41) is 2.72. The Hall–Kier alpha value is -2.79. The Morgan fingerprint density at radius 1 is 1.12 bits per heavy atom. The highest BCUT2D eigenvalue weighted by Crippen LogP contribution is 2.34. The van der Waals surface area contributed by atoms with Gasteiger partial charge >= 0.3 is 11.3 Å². The van der Waals surface area contributed by atoms with Crippen LogP contribution in [0.15, 0.2) is 60.8 Å². The van der Waals surface area contributed by atoms with E-state index >= 15 is 0 Å². The van der Waals surface area contributed by atoms with Crippen LogP contribution in [0.2, 0.25) is 0 Å². The monoisotopic (exact) mass is 370 g/mol. The molecular weight excluding hydrogens is 352 g/mol. The summed E-state index contributed by atoms with van der Waals surface area (Å²) in [6, 6.07) is 16.4. The van der Waals surface area contributed by atoms with Crippen molar-refractivity contribution in [3.05, 3.63) is 71.9 Å². The normalized spacial score (nSPS) is 13.2. The van der Waals surface area contributed by atoms with Gasteiger partial charge in [0.05, 0.1) is 6.61 Å². The highest BCUT2D eigenvalue weighted by Gasteiger charge is 2.34. The lowest BCUT2D eigenvalue weighted by Crippen LogP contribution is -2.44. The Kier molecular flexibility index (Phi) is 5.58. The van der Waals surface area contributed by atoms with Gasteiger partial charge in [-0.25, -0.2) is 4.79 Å². The molecule has 1 aromatic heterocycles. The highest BCUT2D eigenvalue weighted by atomic mass is 35.5. The Balaban J connectivity index is 2.16. The van der Waals surface area contributed by atoms with Gasteiger partial charge < -0.3 is 15.0 Å². The number of para-hydroxylation sites is 1. The molecule has 2 N–H and O–H groups in total. The van der Waals surface area contributed by atoms with E-state index in [1.807, 2.05) is 60.8 Å². The van der Waals surface area contributed by atoms with Crippen LogP contribution in [0.5, 0.6) is 0 Å². The minimum Gasteiger partial charge on any atom is -0.464 e. The number of carbonyl (C=O) groups excluding carboxylic acids is 2. The molecule has 0 saturated heterocycles. The summed E-state index contributed by atoms with van der Waals surface area (Å²) in [7, 11) is 0. The number of amides is 1. The van der Waals surface area contributed by atoms with Crippen LogP contribution >= 0.6 is 11.6 Å². The average molecular weight is 371 g/mol. The van der Waals surface area contributed by atoms with Crippen LogP contribution in [0.3, 0.4) is 0 Å². The predicted molar refractivity (Wildman–Crippen MR) is 101 cm³/mol. The van der Waals surface area contributed by atoms with Crippen LogP contribution in [-0.2, 0) is 9.53 Å². The average Bonchev–Trinajstić information content (AvgIpc) is 3.06. The van der Waals surface area contributed by atoms with Gasteiger partial charge in [-0.2, -0.15) is 0 Å². The topological polar surface area (TPSA) is 71.2 Å². The first kappa shape index (κ1) is 18.0. The summed E-state index contributed by atoms with van der Waals surface area (Å²) in [5.74, 6) is -0.977. The maximum atomic E-state index is 12.6. The fraction of sp³-hybridized carbons (Fsp3) is 0.200. The zero-order chi connectivity index (χ0) is 18.5. The Bertz CT molecular complexity index is 908.